The van der Waals surface area contributed by atoms with Gasteiger partial charge in [0.2, 0.25) is 0 Å². The molecule has 1 aliphatic rings. The summed E-state index contributed by atoms with van der Waals surface area (Å²) >= 11 is 0. The zero-order valence-electron chi connectivity index (χ0n) is 12.6. The molecule has 0 radical (unpaired) electrons. The van der Waals surface area contributed by atoms with Crippen LogP contribution in [0.3, 0.4) is 0 Å². The Bertz CT molecular complexity index is 755. The van der Waals surface area contributed by atoms with E-state index in [-0.39, 0.29) is 18.0 Å². The highest BCUT2D eigenvalue weighted by Crippen LogP contribution is 2.28. The first kappa shape index (κ1) is 14.4. The van der Waals surface area contributed by atoms with Gasteiger partial charge in [0, 0.05) is 24.2 Å². The Hall–Kier alpha value is -2.56. The molecule has 0 unspecified atom stereocenters. The number of carbonyl (C=O) groups excluding carboxylic acids is 1. The monoisotopic (exact) mass is 298 g/mol. The molecule has 0 saturated carbocycles. The zero-order valence-corrected chi connectivity index (χ0v) is 12.6. The number of nitrogens with one attached hydrogen (secondary N) is 2. The van der Waals surface area contributed by atoms with Gasteiger partial charge in [-0.1, -0.05) is 18.2 Å². The summed E-state index contributed by atoms with van der Waals surface area (Å²) in [5, 5.41) is 2.79. The van der Waals surface area contributed by atoms with Gasteiger partial charge < -0.3 is 15.0 Å². The van der Waals surface area contributed by atoms with Crippen LogP contribution in [0, 0.1) is 13.8 Å². The lowest BCUT2D eigenvalue weighted by atomic mass is 10.1. The number of para-hydroxylation sites is 1. The van der Waals surface area contributed by atoms with Gasteiger partial charge in [0.25, 0.3) is 11.5 Å². The van der Waals surface area contributed by atoms with Crippen molar-refractivity contribution in [3.63, 3.8) is 0 Å². The fourth-order valence-electron chi connectivity index (χ4n) is 2.72. The van der Waals surface area contributed by atoms with Crippen molar-refractivity contribution in [3.05, 3.63) is 63.1 Å². The van der Waals surface area contributed by atoms with Crippen molar-refractivity contribution in [2.75, 3.05) is 0 Å². The van der Waals surface area contributed by atoms with Crippen molar-refractivity contribution in [1.29, 1.82) is 0 Å². The zero-order chi connectivity index (χ0) is 15.7. The number of aromatic nitrogens is 1. The third-order valence-corrected chi connectivity index (χ3v) is 3.87. The summed E-state index contributed by atoms with van der Waals surface area (Å²) in [5.41, 5.74) is 3.14. The second-order valence-electron chi connectivity index (χ2n) is 5.58. The molecule has 1 aromatic carbocycles. The predicted molar refractivity (Wildman–Crippen MR) is 82.9 cm³/mol. The average molecular weight is 298 g/mol. The lowest BCUT2D eigenvalue weighted by molar-refractivity contribution is -0.127. The van der Waals surface area contributed by atoms with Gasteiger partial charge in [-0.3, -0.25) is 9.59 Å². The molecular formula is C17H18N2O3. The van der Waals surface area contributed by atoms with Gasteiger partial charge in [-0.05, 0) is 37.1 Å². The molecule has 2 aromatic rings. The van der Waals surface area contributed by atoms with Crippen molar-refractivity contribution in [2.45, 2.75) is 32.9 Å². The van der Waals surface area contributed by atoms with Gasteiger partial charge in [-0.25, -0.2) is 0 Å². The highest BCUT2D eigenvalue weighted by molar-refractivity contribution is 5.82. The lowest BCUT2D eigenvalue weighted by Crippen LogP contribution is -2.38. The van der Waals surface area contributed by atoms with Crippen LogP contribution in [0.2, 0.25) is 0 Å². The van der Waals surface area contributed by atoms with Crippen LogP contribution in [-0.2, 0) is 17.8 Å². The van der Waals surface area contributed by atoms with E-state index in [9.17, 15) is 9.59 Å². The largest absolute Gasteiger partial charge is 0.480 e. The number of hydrogen-bond donors (Lipinski definition) is 2. The molecule has 2 heterocycles. The Kier molecular flexibility index (Phi) is 3.71. The van der Waals surface area contributed by atoms with Crippen LogP contribution >= 0.6 is 0 Å². The molecule has 1 aliphatic heterocycles. The van der Waals surface area contributed by atoms with E-state index in [0.717, 1.165) is 22.6 Å². The number of benzene rings is 1. The van der Waals surface area contributed by atoms with Crippen LogP contribution in [-0.4, -0.2) is 17.0 Å². The van der Waals surface area contributed by atoms with Crippen LogP contribution in [0.5, 0.6) is 5.75 Å². The Morgan fingerprint density at radius 1 is 1.36 bits per heavy atom. The van der Waals surface area contributed by atoms with Crippen molar-refractivity contribution in [1.82, 2.24) is 10.3 Å². The normalized spacial score (nSPS) is 16.0. The summed E-state index contributed by atoms with van der Waals surface area (Å²) in [7, 11) is 0. The Balaban J connectivity index is 1.66. The first-order chi connectivity index (χ1) is 10.5. The number of aryl methyl sites for hydroxylation is 2. The second kappa shape index (κ2) is 5.67. The molecule has 5 nitrogen and oxygen atoms in total. The number of carbonyl (C=O) groups is 1. The SMILES string of the molecule is Cc1cc(C)c(CNC(=O)[C@@H]2Cc3ccccc3O2)c(=O)[nH]1. The molecule has 114 valence electrons. The van der Waals surface area contributed by atoms with E-state index >= 15 is 0 Å². The number of fused-ring (bicyclic) bond motifs is 1. The lowest BCUT2D eigenvalue weighted by Gasteiger charge is -2.12. The standard InChI is InChI=1S/C17H18N2O3/c1-10-7-11(2)19-16(20)13(10)9-18-17(21)15-8-12-5-3-4-6-14(12)22-15/h3-7,15H,8-9H2,1-2H3,(H,18,21)(H,19,20)/t15-/m0/s1. The number of rotatable bonds is 3. The molecule has 0 fully saturated rings. The molecule has 22 heavy (non-hydrogen) atoms. The van der Waals surface area contributed by atoms with Crippen molar-refractivity contribution >= 4 is 5.91 Å². The highest BCUT2D eigenvalue weighted by atomic mass is 16.5. The number of ether oxygens (including phenoxy) is 1. The molecule has 0 spiro atoms. The fraction of sp³-hybridized carbons (Fsp3) is 0.294. The first-order valence-corrected chi connectivity index (χ1v) is 7.26. The molecule has 2 N–H and O–H groups in total. The maximum Gasteiger partial charge on any atom is 0.261 e. The fourth-order valence-corrected chi connectivity index (χ4v) is 2.72. The van der Waals surface area contributed by atoms with E-state index in [1.165, 1.54) is 0 Å². The first-order valence-electron chi connectivity index (χ1n) is 7.26. The molecular weight excluding hydrogens is 280 g/mol. The van der Waals surface area contributed by atoms with Crippen LogP contribution in [0.4, 0.5) is 0 Å². The van der Waals surface area contributed by atoms with Crippen LogP contribution in [0.15, 0.2) is 35.1 Å². The van der Waals surface area contributed by atoms with Crippen LogP contribution < -0.4 is 15.6 Å². The summed E-state index contributed by atoms with van der Waals surface area (Å²) in [4.78, 5) is 26.9. The van der Waals surface area contributed by atoms with Gasteiger partial charge in [-0.15, -0.1) is 0 Å². The van der Waals surface area contributed by atoms with Crippen molar-refractivity contribution < 1.29 is 9.53 Å². The van der Waals surface area contributed by atoms with E-state index in [4.69, 9.17) is 4.74 Å². The molecule has 1 atom stereocenters. The molecule has 3 rings (SSSR count). The topological polar surface area (TPSA) is 71.2 Å². The third kappa shape index (κ3) is 2.74. The minimum atomic E-state index is -0.526. The number of pyridine rings is 1. The van der Waals surface area contributed by atoms with Gasteiger partial charge in [-0.2, -0.15) is 0 Å². The number of hydrogen-bond acceptors (Lipinski definition) is 3. The average Bonchev–Trinajstić information content (AvgIpc) is 2.89. The number of H-pyrrole nitrogens is 1. The van der Waals surface area contributed by atoms with Crippen molar-refractivity contribution in [3.8, 4) is 5.75 Å². The van der Waals surface area contributed by atoms with E-state index in [1.807, 2.05) is 44.2 Å². The molecule has 0 aliphatic carbocycles. The Labute approximate surface area is 128 Å². The summed E-state index contributed by atoms with van der Waals surface area (Å²) in [5.74, 6) is 0.558. The number of amides is 1. The number of aromatic amines is 1. The van der Waals surface area contributed by atoms with E-state index in [1.54, 1.807) is 0 Å². The maximum absolute atomic E-state index is 12.2. The molecule has 0 bridgehead atoms. The Morgan fingerprint density at radius 3 is 2.86 bits per heavy atom. The summed E-state index contributed by atoms with van der Waals surface area (Å²) < 4.78 is 5.64. The minimum Gasteiger partial charge on any atom is -0.480 e. The highest BCUT2D eigenvalue weighted by Gasteiger charge is 2.28. The maximum atomic E-state index is 12.2. The van der Waals surface area contributed by atoms with Gasteiger partial charge >= 0.3 is 0 Å². The van der Waals surface area contributed by atoms with Crippen LogP contribution in [0.1, 0.15) is 22.4 Å². The summed E-state index contributed by atoms with van der Waals surface area (Å²) in [6.07, 6.45) is 0.0351. The van der Waals surface area contributed by atoms with Gasteiger partial charge in [0.15, 0.2) is 6.10 Å². The van der Waals surface area contributed by atoms with Crippen LogP contribution in [0.25, 0.3) is 0 Å². The Morgan fingerprint density at radius 2 is 2.14 bits per heavy atom. The molecule has 5 heteroatoms. The van der Waals surface area contributed by atoms with Gasteiger partial charge in [0.05, 0.1) is 0 Å². The minimum absolute atomic E-state index is 0.159. The van der Waals surface area contributed by atoms with E-state index in [2.05, 4.69) is 10.3 Å². The van der Waals surface area contributed by atoms with Gasteiger partial charge in [0.1, 0.15) is 5.75 Å². The predicted octanol–water partition coefficient (Wildman–Crippen LogP) is 1.61. The van der Waals surface area contributed by atoms with E-state index in [0.29, 0.717) is 12.0 Å². The molecule has 0 saturated heterocycles. The molecule has 1 amide bonds. The molecule has 1 aromatic heterocycles. The third-order valence-electron chi connectivity index (χ3n) is 3.87. The summed E-state index contributed by atoms with van der Waals surface area (Å²) in [6.45, 7) is 3.91. The second-order valence-corrected chi connectivity index (χ2v) is 5.58. The quantitative estimate of drug-likeness (QED) is 0.904. The van der Waals surface area contributed by atoms with E-state index < -0.39 is 6.10 Å². The van der Waals surface area contributed by atoms with Crippen molar-refractivity contribution in [2.24, 2.45) is 0 Å². The smallest absolute Gasteiger partial charge is 0.261 e. The summed E-state index contributed by atoms with van der Waals surface area (Å²) in [6, 6.07) is 9.52.